The first kappa shape index (κ1) is 18.1. The van der Waals surface area contributed by atoms with Crippen LogP contribution < -0.4 is 5.32 Å². The van der Waals surface area contributed by atoms with Crippen molar-refractivity contribution in [2.75, 3.05) is 18.5 Å². The monoisotopic (exact) mass is 375 g/mol. The fourth-order valence-electron chi connectivity index (χ4n) is 3.36. The van der Waals surface area contributed by atoms with E-state index in [0.717, 1.165) is 17.7 Å². The van der Waals surface area contributed by atoms with Crippen LogP contribution >= 0.6 is 11.3 Å². The fraction of sp³-hybridized carbons (Fsp3) is 0.471. The summed E-state index contributed by atoms with van der Waals surface area (Å²) in [6.07, 6.45) is 3.16. The van der Waals surface area contributed by atoms with Crippen molar-refractivity contribution >= 4 is 40.0 Å². The molecule has 1 saturated carbocycles. The summed E-state index contributed by atoms with van der Waals surface area (Å²) >= 11 is 1.18. The SMILES string of the molecule is N#Cc1ccsc1NC(=O)COC(=O)CN1C(=O)[C@H]2CCCC[C@H]2C1=O. The largest absolute Gasteiger partial charge is 0.454 e. The molecule has 1 saturated heterocycles. The molecule has 2 aliphatic rings. The van der Waals surface area contributed by atoms with Crippen LogP contribution in [0.4, 0.5) is 5.00 Å². The predicted molar refractivity (Wildman–Crippen MR) is 90.8 cm³/mol. The Morgan fingerprint density at radius 2 is 1.92 bits per heavy atom. The first-order chi connectivity index (χ1) is 12.5. The zero-order valence-corrected chi connectivity index (χ0v) is 14.7. The van der Waals surface area contributed by atoms with E-state index in [4.69, 9.17) is 10.00 Å². The maximum absolute atomic E-state index is 12.3. The zero-order valence-electron chi connectivity index (χ0n) is 13.9. The summed E-state index contributed by atoms with van der Waals surface area (Å²) in [5.41, 5.74) is 0.325. The highest BCUT2D eigenvalue weighted by Crippen LogP contribution is 2.37. The summed E-state index contributed by atoms with van der Waals surface area (Å²) in [6.45, 7) is -1.02. The van der Waals surface area contributed by atoms with E-state index in [0.29, 0.717) is 23.4 Å². The number of likely N-dealkylation sites (tertiary alicyclic amines) is 1. The molecule has 1 aromatic heterocycles. The third-order valence-corrected chi connectivity index (χ3v) is 5.45. The molecule has 1 N–H and O–H groups in total. The van der Waals surface area contributed by atoms with Crippen LogP contribution in [-0.2, 0) is 23.9 Å². The lowest BCUT2D eigenvalue weighted by atomic mass is 9.81. The third-order valence-electron chi connectivity index (χ3n) is 4.62. The second kappa shape index (κ2) is 7.66. The van der Waals surface area contributed by atoms with E-state index >= 15 is 0 Å². The number of thiophene rings is 1. The van der Waals surface area contributed by atoms with Gasteiger partial charge in [0, 0.05) is 0 Å². The van der Waals surface area contributed by atoms with Crippen molar-refractivity contribution in [1.29, 1.82) is 5.26 Å². The summed E-state index contributed by atoms with van der Waals surface area (Å²) in [7, 11) is 0. The number of nitrogens with one attached hydrogen (secondary N) is 1. The number of hydrogen-bond acceptors (Lipinski definition) is 7. The van der Waals surface area contributed by atoms with Crippen LogP contribution in [0, 0.1) is 23.2 Å². The number of anilines is 1. The van der Waals surface area contributed by atoms with E-state index in [1.165, 1.54) is 11.3 Å². The van der Waals surface area contributed by atoms with Crippen molar-refractivity contribution in [3.8, 4) is 6.07 Å². The average molecular weight is 375 g/mol. The number of hydrogen-bond donors (Lipinski definition) is 1. The number of ether oxygens (including phenoxy) is 1. The van der Waals surface area contributed by atoms with Gasteiger partial charge in [0.05, 0.1) is 17.4 Å². The molecule has 9 heteroatoms. The van der Waals surface area contributed by atoms with Gasteiger partial charge in [-0.2, -0.15) is 5.26 Å². The maximum atomic E-state index is 12.3. The Hall–Kier alpha value is -2.73. The Labute approximate surface area is 153 Å². The first-order valence-electron chi connectivity index (χ1n) is 8.29. The minimum atomic E-state index is -0.813. The number of fused-ring (bicyclic) bond motifs is 1. The minimum absolute atomic E-state index is 0.321. The lowest BCUT2D eigenvalue weighted by Gasteiger charge is -2.19. The molecule has 0 unspecified atom stereocenters. The molecule has 0 radical (unpaired) electrons. The Bertz CT molecular complexity index is 773. The average Bonchev–Trinajstić information content (AvgIpc) is 3.18. The summed E-state index contributed by atoms with van der Waals surface area (Å²) in [4.78, 5) is 49.3. The van der Waals surface area contributed by atoms with E-state index in [9.17, 15) is 19.2 Å². The van der Waals surface area contributed by atoms with Gasteiger partial charge in [0.1, 0.15) is 17.6 Å². The standard InChI is InChI=1S/C17H17N3O5S/c18-7-10-5-6-26-15(10)19-13(21)9-25-14(22)8-20-16(23)11-3-1-2-4-12(11)17(20)24/h5-6,11-12H,1-4,8-9H2,(H,19,21)/t11-,12+. The lowest BCUT2D eigenvalue weighted by Crippen LogP contribution is -2.37. The number of rotatable bonds is 5. The summed E-state index contributed by atoms with van der Waals surface area (Å²) in [6, 6.07) is 3.50. The van der Waals surface area contributed by atoms with Crippen LogP contribution in [0.3, 0.4) is 0 Å². The number of carbonyl (C=O) groups excluding carboxylic acids is 4. The molecule has 0 bridgehead atoms. The highest BCUT2D eigenvalue weighted by molar-refractivity contribution is 7.14. The van der Waals surface area contributed by atoms with Crippen molar-refractivity contribution in [3.05, 3.63) is 17.0 Å². The van der Waals surface area contributed by atoms with Crippen LogP contribution in [0.2, 0.25) is 0 Å². The van der Waals surface area contributed by atoms with E-state index in [-0.39, 0.29) is 23.7 Å². The van der Waals surface area contributed by atoms with Crippen LogP contribution in [0.5, 0.6) is 0 Å². The van der Waals surface area contributed by atoms with Crippen molar-refractivity contribution in [1.82, 2.24) is 4.90 Å². The summed E-state index contributed by atoms with van der Waals surface area (Å²) in [5, 5.41) is 13.4. The Kier molecular flexibility index (Phi) is 5.32. The highest BCUT2D eigenvalue weighted by atomic mass is 32.1. The van der Waals surface area contributed by atoms with Gasteiger partial charge in [-0.3, -0.25) is 24.1 Å². The van der Waals surface area contributed by atoms with E-state index in [1.54, 1.807) is 11.4 Å². The normalized spacial score (nSPS) is 21.9. The Morgan fingerprint density at radius 3 is 2.54 bits per heavy atom. The Balaban J connectivity index is 1.50. The molecular formula is C17H17N3O5S. The van der Waals surface area contributed by atoms with Crippen LogP contribution in [-0.4, -0.2) is 41.7 Å². The van der Waals surface area contributed by atoms with Gasteiger partial charge in [0.2, 0.25) is 11.8 Å². The molecule has 2 heterocycles. The number of esters is 1. The van der Waals surface area contributed by atoms with Gasteiger partial charge in [0.15, 0.2) is 6.61 Å². The zero-order chi connectivity index (χ0) is 18.7. The molecule has 2 fully saturated rings. The molecule has 1 aliphatic carbocycles. The van der Waals surface area contributed by atoms with Gasteiger partial charge in [-0.15, -0.1) is 11.3 Å². The number of carbonyl (C=O) groups is 4. The van der Waals surface area contributed by atoms with Crippen molar-refractivity contribution in [2.24, 2.45) is 11.8 Å². The second-order valence-electron chi connectivity index (χ2n) is 6.24. The van der Waals surface area contributed by atoms with E-state index in [1.807, 2.05) is 6.07 Å². The number of imide groups is 1. The summed E-state index contributed by atoms with van der Waals surface area (Å²) in [5.74, 6) is -2.69. The van der Waals surface area contributed by atoms with Gasteiger partial charge in [-0.05, 0) is 24.3 Å². The molecule has 136 valence electrons. The van der Waals surface area contributed by atoms with E-state index < -0.39 is 25.0 Å². The quantitative estimate of drug-likeness (QED) is 0.612. The number of amides is 3. The molecule has 26 heavy (non-hydrogen) atoms. The van der Waals surface area contributed by atoms with Gasteiger partial charge in [-0.25, -0.2) is 0 Å². The first-order valence-corrected chi connectivity index (χ1v) is 9.17. The predicted octanol–water partition coefficient (Wildman–Crippen LogP) is 1.28. The molecule has 2 atom stereocenters. The van der Waals surface area contributed by atoms with Crippen LogP contribution in [0.15, 0.2) is 11.4 Å². The minimum Gasteiger partial charge on any atom is -0.454 e. The van der Waals surface area contributed by atoms with Crippen LogP contribution in [0.1, 0.15) is 31.2 Å². The van der Waals surface area contributed by atoms with Gasteiger partial charge in [-0.1, -0.05) is 12.8 Å². The Morgan fingerprint density at radius 1 is 1.27 bits per heavy atom. The highest BCUT2D eigenvalue weighted by Gasteiger charge is 2.48. The second-order valence-corrected chi connectivity index (χ2v) is 7.16. The van der Waals surface area contributed by atoms with Gasteiger partial charge >= 0.3 is 5.97 Å². The smallest absolute Gasteiger partial charge is 0.326 e. The molecule has 3 amide bonds. The van der Waals surface area contributed by atoms with Crippen LogP contribution in [0.25, 0.3) is 0 Å². The maximum Gasteiger partial charge on any atom is 0.326 e. The molecule has 0 aromatic carbocycles. The summed E-state index contributed by atoms with van der Waals surface area (Å²) < 4.78 is 4.86. The van der Waals surface area contributed by atoms with Gasteiger partial charge in [0.25, 0.3) is 5.91 Å². The fourth-order valence-corrected chi connectivity index (χ4v) is 4.12. The van der Waals surface area contributed by atoms with Crippen molar-refractivity contribution in [3.63, 3.8) is 0 Å². The molecule has 1 aliphatic heterocycles. The number of nitrogens with zero attached hydrogens (tertiary/aromatic N) is 2. The number of nitriles is 1. The molecule has 8 nitrogen and oxygen atoms in total. The lowest BCUT2D eigenvalue weighted by molar-refractivity contribution is -0.154. The van der Waals surface area contributed by atoms with Crippen molar-refractivity contribution in [2.45, 2.75) is 25.7 Å². The molecular weight excluding hydrogens is 358 g/mol. The van der Waals surface area contributed by atoms with E-state index in [2.05, 4.69) is 5.32 Å². The molecule has 3 rings (SSSR count). The molecule has 0 spiro atoms. The third kappa shape index (κ3) is 3.60. The van der Waals surface area contributed by atoms with Gasteiger partial charge < -0.3 is 10.1 Å². The van der Waals surface area contributed by atoms with Crippen molar-refractivity contribution < 1.29 is 23.9 Å². The topological polar surface area (TPSA) is 117 Å². The molecule has 1 aromatic rings.